The molecule has 3 rings (SSSR count). The van der Waals surface area contributed by atoms with Crippen molar-refractivity contribution in [2.45, 2.75) is 69.5 Å². The Labute approximate surface area is 173 Å². The van der Waals surface area contributed by atoms with Crippen LogP contribution in [0.1, 0.15) is 48.9 Å². The summed E-state index contributed by atoms with van der Waals surface area (Å²) >= 11 is 3.03. The van der Waals surface area contributed by atoms with Crippen LogP contribution in [-0.4, -0.2) is 33.2 Å². The number of carbonyl (C=O) groups excluding carboxylic acids is 1. The number of thiophene rings is 1. The topological polar surface area (TPSA) is 101 Å². The van der Waals surface area contributed by atoms with E-state index < -0.39 is 0 Å². The first kappa shape index (κ1) is 22.2. The summed E-state index contributed by atoms with van der Waals surface area (Å²) in [7, 11) is 0. The van der Waals surface area contributed by atoms with Gasteiger partial charge in [-0.1, -0.05) is 0 Å². The van der Waals surface area contributed by atoms with E-state index in [9.17, 15) is 9.59 Å². The van der Waals surface area contributed by atoms with Gasteiger partial charge < -0.3 is 16.0 Å². The van der Waals surface area contributed by atoms with Crippen molar-refractivity contribution < 1.29 is 4.79 Å². The first-order valence-corrected chi connectivity index (χ1v) is 10.9. The van der Waals surface area contributed by atoms with Gasteiger partial charge in [0.1, 0.15) is 10.7 Å². The van der Waals surface area contributed by atoms with Crippen molar-refractivity contribution in [3.05, 3.63) is 26.6 Å². The molecule has 4 N–H and O–H groups in total. The maximum Gasteiger partial charge on any atom is 0.259 e. The molecule has 9 heteroatoms. The van der Waals surface area contributed by atoms with E-state index in [0.717, 1.165) is 41.0 Å². The lowest BCUT2D eigenvalue weighted by Crippen LogP contribution is -2.43. The first-order chi connectivity index (χ1) is 12.3. The third-order valence-electron chi connectivity index (χ3n) is 5.05. The Bertz CT molecular complexity index is 859. The summed E-state index contributed by atoms with van der Waals surface area (Å²) in [6, 6.07) is 0.508. The lowest BCUT2D eigenvalue weighted by Gasteiger charge is -2.27. The molecule has 0 bridgehead atoms. The van der Waals surface area contributed by atoms with Crippen LogP contribution in [0.5, 0.6) is 0 Å². The Kier molecular flexibility index (Phi) is 7.73. The average molecular weight is 431 g/mol. The molecule has 1 unspecified atom stereocenters. The van der Waals surface area contributed by atoms with Crippen LogP contribution >= 0.6 is 35.5 Å². The van der Waals surface area contributed by atoms with Crippen LogP contribution in [0.4, 0.5) is 0 Å². The Balaban J connectivity index is 0.00000261. The highest BCUT2D eigenvalue weighted by atomic mass is 35.5. The Morgan fingerprint density at radius 3 is 2.70 bits per heavy atom. The number of hydrogen-bond acceptors (Lipinski definition) is 6. The predicted molar refractivity (Wildman–Crippen MR) is 116 cm³/mol. The van der Waals surface area contributed by atoms with E-state index in [1.54, 1.807) is 11.3 Å². The van der Waals surface area contributed by atoms with Crippen LogP contribution in [-0.2, 0) is 10.5 Å². The van der Waals surface area contributed by atoms with E-state index in [1.807, 2.05) is 20.8 Å². The zero-order valence-electron chi connectivity index (χ0n) is 15.8. The number of carbonyl (C=O) groups is 1. The SMILES string of the molecule is Cc1sc2nc(CSC(C)C(=O)NC3CCC(N)CC3)[nH]c(=O)c2c1C.Cl. The van der Waals surface area contributed by atoms with Crippen molar-refractivity contribution in [2.75, 3.05) is 0 Å². The van der Waals surface area contributed by atoms with Crippen LogP contribution in [0.2, 0.25) is 0 Å². The second-order valence-corrected chi connectivity index (χ2v) is 9.58. The van der Waals surface area contributed by atoms with E-state index >= 15 is 0 Å². The van der Waals surface area contributed by atoms with Gasteiger partial charge in [0.25, 0.3) is 5.56 Å². The summed E-state index contributed by atoms with van der Waals surface area (Å²) < 4.78 is 0. The minimum atomic E-state index is -0.196. The summed E-state index contributed by atoms with van der Waals surface area (Å²) in [6.45, 7) is 5.84. The number of nitrogens with two attached hydrogens (primary N) is 1. The summed E-state index contributed by atoms with van der Waals surface area (Å²) in [5.41, 5.74) is 6.81. The number of hydrogen-bond donors (Lipinski definition) is 3. The molecule has 2 aromatic rings. The van der Waals surface area contributed by atoms with E-state index in [-0.39, 0.29) is 41.2 Å². The fraction of sp³-hybridized carbons (Fsp3) is 0.611. The van der Waals surface area contributed by atoms with Gasteiger partial charge >= 0.3 is 0 Å². The fourth-order valence-electron chi connectivity index (χ4n) is 3.23. The van der Waals surface area contributed by atoms with Gasteiger partial charge in [-0.25, -0.2) is 4.98 Å². The van der Waals surface area contributed by atoms with Crippen LogP contribution in [0, 0.1) is 13.8 Å². The molecule has 0 aliphatic heterocycles. The van der Waals surface area contributed by atoms with Gasteiger partial charge in [0, 0.05) is 17.0 Å². The fourth-order valence-corrected chi connectivity index (χ4v) is 5.04. The van der Waals surface area contributed by atoms with Gasteiger partial charge in [0.15, 0.2) is 0 Å². The molecule has 1 amide bonds. The normalized spacial score (nSPS) is 20.9. The average Bonchev–Trinajstić information content (AvgIpc) is 2.89. The van der Waals surface area contributed by atoms with Gasteiger partial charge in [-0.05, 0) is 52.0 Å². The number of H-pyrrole nitrogens is 1. The van der Waals surface area contributed by atoms with Crippen molar-refractivity contribution in [1.29, 1.82) is 0 Å². The van der Waals surface area contributed by atoms with Crippen molar-refractivity contribution in [2.24, 2.45) is 5.73 Å². The van der Waals surface area contributed by atoms with E-state index in [4.69, 9.17) is 5.73 Å². The molecule has 0 radical (unpaired) electrons. The Morgan fingerprint density at radius 2 is 2.04 bits per heavy atom. The van der Waals surface area contributed by atoms with Gasteiger partial charge in [-0.2, -0.15) is 0 Å². The maximum atomic E-state index is 12.4. The monoisotopic (exact) mass is 430 g/mol. The molecule has 1 aliphatic rings. The number of fused-ring (bicyclic) bond motifs is 1. The van der Waals surface area contributed by atoms with Crippen molar-refractivity contribution in [1.82, 2.24) is 15.3 Å². The van der Waals surface area contributed by atoms with Gasteiger partial charge in [0.2, 0.25) is 5.91 Å². The molecular weight excluding hydrogens is 404 g/mol. The zero-order chi connectivity index (χ0) is 18.8. The molecular formula is C18H27ClN4O2S2. The lowest BCUT2D eigenvalue weighted by molar-refractivity contribution is -0.121. The van der Waals surface area contributed by atoms with Crippen LogP contribution in [0.15, 0.2) is 4.79 Å². The van der Waals surface area contributed by atoms with Crippen molar-refractivity contribution in [3.63, 3.8) is 0 Å². The highest BCUT2D eigenvalue weighted by Crippen LogP contribution is 2.26. The standard InChI is InChI=1S/C18H26N4O2S2.ClH/c1-9-10(2)26-18-15(9)17(24)21-14(22-18)8-25-11(3)16(23)20-13-6-4-12(19)5-7-13;/h11-13H,4-8,19H2,1-3H3,(H,20,23)(H,21,22,24);1H. The van der Waals surface area contributed by atoms with E-state index in [0.29, 0.717) is 17.0 Å². The minimum Gasteiger partial charge on any atom is -0.352 e. The molecule has 2 aromatic heterocycles. The summed E-state index contributed by atoms with van der Waals surface area (Å²) in [5.74, 6) is 1.17. The van der Waals surface area contributed by atoms with Gasteiger partial charge in [-0.3, -0.25) is 9.59 Å². The zero-order valence-corrected chi connectivity index (χ0v) is 18.3. The van der Waals surface area contributed by atoms with Crippen molar-refractivity contribution in [3.8, 4) is 0 Å². The molecule has 1 atom stereocenters. The quantitative estimate of drug-likeness (QED) is 0.676. The number of rotatable bonds is 5. The predicted octanol–water partition coefficient (Wildman–Crippen LogP) is 3.03. The Hall–Kier alpha value is -1.09. The third kappa shape index (κ3) is 5.25. The number of nitrogens with one attached hydrogen (secondary N) is 2. The molecule has 2 heterocycles. The number of aromatic amines is 1. The van der Waals surface area contributed by atoms with E-state index in [1.165, 1.54) is 11.8 Å². The molecule has 0 spiro atoms. The highest BCUT2D eigenvalue weighted by molar-refractivity contribution is 7.99. The molecule has 1 aliphatic carbocycles. The largest absolute Gasteiger partial charge is 0.352 e. The van der Waals surface area contributed by atoms with Crippen LogP contribution in [0.3, 0.4) is 0 Å². The smallest absolute Gasteiger partial charge is 0.259 e. The molecule has 1 fully saturated rings. The molecule has 0 saturated heterocycles. The van der Waals surface area contributed by atoms with E-state index in [2.05, 4.69) is 15.3 Å². The lowest BCUT2D eigenvalue weighted by atomic mass is 9.92. The highest BCUT2D eigenvalue weighted by Gasteiger charge is 2.23. The number of aryl methyl sites for hydroxylation is 2. The molecule has 0 aromatic carbocycles. The maximum absolute atomic E-state index is 12.4. The number of amides is 1. The summed E-state index contributed by atoms with van der Waals surface area (Å²) in [5, 5.41) is 3.61. The second-order valence-electron chi connectivity index (χ2n) is 7.05. The number of nitrogens with zero attached hydrogens (tertiary/aromatic N) is 1. The number of aromatic nitrogens is 2. The molecule has 6 nitrogen and oxygen atoms in total. The number of halogens is 1. The van der Waals surface area contributed by atoms with Crippen molar-refractivity contribution >= 4 is 51.6 Å². The summed E-state index contributed by atoms with van der Waals surface area (Å²) in [6.07, 6.45) is 3.84. The third-order valence-corrected chi connectivity index (χ3v) is 7.30. The van der Waals surface area contributed by atoms with Gasteiger partial charge in [0.05, 0.1) is 16.4 Å². The molecule has 27 heavy (non-hydrogen) atoms. The second kappa shape index (κ2) is 9.41. The number of thioether (sulfide) groups is 1. The molecule has 1 saturated carbocycles. The summed E-state index contributed by atoms with van der Waals surface area (Å²) in [4.78, 5) is 34.0. The molecule has 150 valence electrons. The van der Waals surface area contributed by atoms with Crippen LogP contribution < -0.4 is 16.6 Å². The first-order valence-electron chi connectivity index (χ1n) is 9.01. The van der Waals surface area contributed by atoms with Crippen LogP contribution in [0.25, 0.3) is 10.2 Å². The Morgan fingerprint density at radius 1 is 1.37 bits per heavy atom. The minimum absolute atomic E-state index is 0. The van der Waals surface area contributed by atoms with Gasteiger partial charge in [-0.15, -0.1) is 35.5 Å².